The fourth-order valence-electron chi connectivity index (χ4n) is 1.89. The van der Waals surface area contributed by atoms with Crippen molar-refractivity contribution < 1.29 is 19.0 Å². The number of morpholine rings is 1. The van der Waals surface area contributed by atoms with Crippen LogP contribution >= 0.6 is 15.9 Å². The summed E-state index contributed by atoms with van der Waals surface area (Å²) in [5.74, 6) is 0.0208. The Kier molecular flexibility index (Phi) is 4.57. The van der Waals surface area contributed by atoms with Crippen LogP contribution in [-0.4, -0.2) is 67.9 Å². The summed E-state index contributed by atoms with van der Waals surface area (Å²) in [4.78, 5) is 14.0. The van der Waals surface area contributed by atoms with Gasteiger partial charge in [-0.3, -0.25) is 4.79 Å². The zero-order chi connectivity index (χ0) is 11.4. The molecule has 0 saturated carbocycles. The van der Waals surface area contributed by atoms with Crippen molar-refractivity contribution in [1.29, 1.82) is 0 Å². The summed E-state index contributed by atoms with van der Waals surface area (Å²) in [5, 5.41) is 0.728. The van der Waals surface area contributed by atoms with Crippen LogP contribution in [0.25, 0.3) is 0 Å². The van der Waals surface area contributed by atoms with Crippen molar-refractivity contribution >= 4 is 21.8 Å². The summed E-state index contributed by atoms with van der Waals surface area (Å²) in [6.45, 7) is 3.27. The molecule has 2 unspecified atom stereocenters. The van der Waals surface area contributed by atoms with Crippen LogP contribution in [0, 0.1) is 0 Å². The summed E-state index contributed by atoms with van der Waals surface area (Å²) in [6, 6.07) is 0.103. The molecule has 0 aromatic carbocycles. The standard InChI is InChI=1S/C10H16BrNO4/c11-5-8-6-14-2-1-12(8)10(13)9-7-15-3-4-16-9/h8-9H,1-7H2. The van der Waals surface area contributed by atoms with Crippen molar-refractivity contribution in [3.05, 3.63) is 0 Å². The van der Waals surface area contributed by atoms with Crippen molar-refractivity contribution in [3.63, 3.8) is 0 Å². The Morgan fingerprint density at radius 3 is 2.75 bits per heavy atom. The third kappa shape index (κ3) is 2.74. The first-order chi connectivity index (χ1) is 7.83. The fourth-order valence-corrected chi connectivity index (χ4v) is 2.42. The molecule has 92 valence electrons. The highest BCUT2D eigenvalue weighted by molar-refractivity contribution is 9.09. The first-order valence-corrected chi connectivity index (χ1v) is 6.58. The normalized spacial score (nSPS) is 31.4. The molecular weight excluding hydrogens is 278 g/mol. The van der Waals surface area contributed by atoms with Gasteiger partial charge in [-0.05, 0) is 0 Å². The first-order valence-electron chi connectivity index (χ1n) is 5.46. The maximum absolute atomic E-state index is 12.2. The van der Waals surface area contributed by atoms with Gasteiger partial charge in [0, 0.05) is 11.9 Å². The lowest BCUT2D eigenvalue weighted by molar-refractivity contribution is -0.164. The largest absolute Gasteiger partial charge is 0.377 e. The van der Waals surface area contributed by atoms with Gasteiger partial charge in [0.05, 0.1) is 39.1 Å². The molecule has 2 aliphatic rings. The molecule has 0 aliphatic carbocycles. The highest BCUT2D eigenvalue weighted by atomic mass is 79.9. The molecular formula is C10H16BrNO4. The van der Waals surface area contributed by atoms with Crippen molar-refractivity contribution in [3.8, 4) is 0 Å². The van der Waals surface area contributed by atoms with Crippen molar-refractivity contribution in [2.24, 2.45) is 0 Å². The first kappa shape index (κ1) is 12.3. The molecule has 2 fully saturated rings. The number of carbonyl (C=O) groups is 1. The van der Waals surface area contributed by atoms with Crippen LogP contribution in [0.15, 0.2) is 0 Å². The summed E-state index contributed by atoms with van der Waals surface area (Å²) in [6.07, 6.45) is -0.437. The molecule has 2 aliphatic heterocycles. The molecule has 1 amide bonds. The van der Waals surface area contributed by atoms with Crippen LogP contribution in [-0.2, 0) is 19.0 Å². The van der Waals surface area contributed by atoms with Gasteiger partial charge in [0.1, 0.15) is 0 Å². The zero-order valence-corrected chi connectivity index (χ0v) is 10.6. The minimum Gasteiger partial charge on any atom is -0.377 e. The van der Waals surface area contributed by atoms with E-state index in [1.54, 1.807) is 0 Å². The van der Waals surface area contributed by atoms with Gasteiger partial charge in [0.15, 0.2) is 6.10 Å². The highest BCUT2D eigenvalue weighted by Gasteiger charge is 2.33. The lowest BCUT2D eigenvalue weighted by Crippen LogP contribution is -2.55. The molecule has 2 saturated heterocycles. The Hall–Kier alpha value is -0.170. The van der Waals surface area contributed by atoms with Crippen molar-refractivity contribution in [2.45, 2.75) is 12.1 Å². The lowest BCUT2D eigenvalue weighted by atomic mass is 10.2. The second-order valence-corrected chi connectivity index (χ2v) is 4.50. The molecule has 0 radical (unpaired) electrons. The minimum atomic E-state index is -0.437. The van der Waals surface area contributed by atoms with Crippen LogP contribution < -0.4 is 0 Å². The summed E-state index contributed by atoms with van der Waals surface area (Å²) in [5.41, 5.74) is 0. The van der Waals surface area contributed by atoms with Crippen LogP contribution in [0.3, 0.4) is 0 Å². The van der Waals surface area contributed by atoms with Crippen LogP contribution in [0.1, 0.15) is 0 Å². The smallest absolute Gasteiger partial charge is 0.254 e. The second-order valence-electron chi connectivity index (χ2n) is 3.85. The molecule has 0 N–H and O–H groups in total. The van der Waals surface area contributed by atoms with Crippen LogP contribution in [0.2, 0.25) is 0 Å². The monoisotopic (exact) mass is 293 g/mol. The molecule has 0 spiro atoms. The van der Waals surface area contributed by atoms with E-state index < -0.39 is 6.10 Å². The molecule has 5 nitrogen and oxygen atoms in total. The van der Waals surface area contributed by atoms with Gasteiger partial charge in [-0.15, -0.1) is 0 Å². The van der Waals surface area contributed by atoms with E-state index in [-0.39, 0.29) is 11.9 Å². The Labute approximate surface area is 103 Å². The third-order valence-electron chi connectivity index (χ3n) is 2.78. The number of hydrogen-bond acceptors (Lipinski definition) is 4. The Balaban J connectivity index is 1.95. The number of alkyl halides is 1. The fraction of sp³-hybridized carbons (Fsp3) is 0.900. The van der Waals surface area contributed by atoms with Crippen molar-refractivity contribution in [2.75, 3.05) is 44.9 Å². The molecule has 2 heterocycles. The Morgan fingerprint density at radius 2 is 2.06 bits per heavy atom. The average molecular weight is 294 g/mol. The van der Waals surface area contributed by atoms with E-state index in [9.17, 15) is 4.79 Å². The molecule has 16 heavy (non-hydrogen) atoms. The topological polar surface area (TPSA) is 48.0 Å². The highest BCUT2D eigenvalue weighted by Crippen LogP contribution is 2.14. The van der Waals surface area contributed by atoms with Gasteiger partial charge in [-0.2, -0.15) is 0 Å². The Morgan fingerprint density at radius 1 is 1.25 bits per heavy atom. The zero-order valence-electron chi connectivity index (χ0n) is 9.06. The lowest BCUT2D eigenvalue weighted by Gasteiger charge is -2.37. The predicted molar refractivity (Wildman–Crippen MR) is 60.7 cm³/mol. The maximum atomic E-state index is 12.2. The molecule has 2 rings (SSSR count). The van der Waals surface area contributed by atoms with E-state index in [1.807, 2.05) is 4.90 Å². The van der Waals surface area contributed by atoms with E-state index in [1.165, 1.54) is 0 Å². The average Bonchev–Trinajstić information content (AvgIpc) is 2.39. The number of nitrogens with zero attached hydrogens (tertiary/aromatic N) is 1. The summed E-state index contributed by atoms with van der Waals surface area (Å²) < 4.78 is 16.0. The van der Waals surface area contributed by atoms with E-state index in [4.69, 9.17) is 14.2 Å². The van der Waals surface area contributed by atoms with Gasteiger partial charge >= 0.3 is 0 Å². The second kappa shape index (κ2) is 5.95. The maximum Gasteiger partial charge on any atom is 0.254 e. The number of halogens is 1. The minimum absolute atomic E-state index is 0.0208. The van der Waals surface area contributed by atoms with Gasteiger partial charge < -0.3 is 19.1 Å². The van der Waals surface area contributed by atoms with Gasteiger partial charge in [-0.25, -0.2) is 0 Å². The predicted octanol–water partition coefficient (Wildman–Crippen LogP) is 0.0241. The number of hydrogen-bond donors (Lipinski definition) is 0. The molecule has 0 aromatic rings. The van der Waals surface area contributed by atoms with Crippen LogP contribution in [0.4, 0.5) is 0 Å². The molecule has 0 bridgehead atoms. The number of rotatable bonds is 2. The summed E-state index contributed by atoms with van der Waals surface area (Å²) >= 11 is 3.40. The molecule has 0 aromatic heterocycles. The number of amides is 1. The van der Waals surface area contributed by atoms with Gasteiger partial charge in [0.2, 0.25) is 0 Å². The van der Waals surface area contributed by atoms with E-state index in [2.05, 4.69) is 15.9 Å². The van der Waals surface area contributed by atoms with Crippen LogP contribution in [0.5, 0.6) is 0 Å². The third-order valence-corrected chi connectivity index (χ3v) is 3.53. The molecule has 6 heteroatoms. The van der Waals surface area contributed by atoms with Gasteiger partial charge in [0.25, 0.3) is 5.91 Å². The van der Waals surface area contributed by atoms with E-state index >= 15 is 0 Å². The van der Waals surface area contributed by atoms with Gasteiger partial charge in [-0.1, -0.05) is 15.9 Å². The molecule has 2 atom stereocenters. The van der Waals surface area contributed by atoms with Crippen molar-refractivity contribution in [1.82, 2.24) is 4.90 Å². The summed E-state index contributed by atoms with van der Waals surface area (Å²) in [7, 11) is 0. The number of ether oxygens (including phenoxy) is 3. The van der Waals surface area contributed by atoms with E-state index in [0.29, 0.717) is 39.6 Å². The quantitative estimate of drug-likeness (QED) is 0.674. The van der Waals surface area contributed by atoms with E-state index in [0.717, 1.165) is 5.33 Å². The SMILES string of the molecule is O=C(C1COCCO1)N1CCOCC1CBr. The number of carbonyl (C=O) groups excluding carboxylic acids is 1. The Bertz CT molecular complexity index is 245.